The summed E-state index contributed by atoms with van der Waals surface area (Å²) in [5, 5.41) is 3.07. The van der Waals surface area contributed by atoms with Crippen molar-refractivity contribution in [3.05, 3.63) is 30.3 Å². The highest BCUT2D eigenvalue weighted by molar-refractivity contribution is 5.66. The molecule has 0 fully saturated rings. The zero-order chi connectivity index (χ0) is 12.9. The minimum absolute atomic E-state index is 0.319. The quantitative estimate of drug-likeness (QED) is 0.630. The predicted molar refractivity (Wildman–Crippen MR) is 65.5 cm³/mol. The minimum atomic E-state index is -0.615. The fourth-order valence-corrected chi connectivity index (χ4v) is 1.58. The summed E-state index contributed by atoms with van der Waals surface area (Å²) in [7, 11) is 0. The maximum absolute atomic E-state index is 10.8. The summed E-state index contributed by atoms with van der Waals surface area (Å²) in [4.78, 5) is 10.8. The van der Waals surface area contributed by atoms with Crippen molar-refractivity contribution in [3.63, 3.8) is 0 Å². The van der Waals surface area contributed by atoms with Crippen LogP contribution in [0.25, 0.3) is 0 Å². The highest BCUT2D eigenvalue weighted by Gasteiger charge is 2.22. The van der Waals surface area contributed by atoms with Crippen LogP contribution in [-0.4, -0.2) is 17.9 Å². The molecule has 0 aliphatic rings. The van der Waals surface area contributed by atoms with E-state index in [1.54, 1.807) is 6.92 Å². The third-order valence-corrected chi connectivity index (χ3v) is 2.01. The van der Waals surface area contributed by atoms with Crippen molar-refractivity contribution in [3.8, 4) is 5.75 Å². The van der Waals surface area contributed by atoms with E-state index >= 15 is 0 Å². The Morgan fingerprint density at radius 2 is 1.88 bits per heavy atom. The second-order valence-corrected chi connectivity index (χ2v) is 4.32. The third-order valence-electron chi connectivity index (χ3n) is 2.01. The van der Waals surface area contributed by atoms with Gasteiger partial charge in [-0.2, -0.15) is 0 Å². The molecule has 1 aromatic carbocycles. The molecule has 0 bridgehead atoms. The standard InChI is InChI=1S/C13H19NO3/c1-10(16-11(2)15)14-13(3,4)17-12-8-6-5-7-9-12/h5-10,14H,1-4H3. The lowest BCUT2D eigenvalue weighted by Gasteiger charge is -2.30. The first-order valence-corrected chi connectivity index (χ1v) is 5.58. The van der Waals surface area contributed by atoms with E-state index in [4.69, 9.17) is 9.47 Å². The number of para-hydroxylation sites is 1. The summed E-state index contributed by atoms with van der Waals surface area (Å²) < 4.78 is 10.7. The molecule has 1 aromatic rings. The van der Waals surface area contributed by atoms with Gasteiger partial charge in [-0.05, 0) is 32.9 Å². The number of hydrogen-bond donors (Lipinski definition) is 1. The fraction of sp³-hybridized carbons (Fsp3) is 0.462. The normalized spacial score (nSPS) is 12.9. The molecule has 0 saturated heterocycles. The molecule has 0 saturated carbocycles. The first-order valence-electron chi connectivity index (χ1n) is 5.58. The third kappa shape index (κ3) is 5.36. The molecule has 1 unspecified atom stereocenters. The zero-order valence-electron chi connectivity index (χ0n) is 10.7. The van der Waals surface area contributed by atoms with Crippen LogP contribution in [0.5, 0.6) is 5.75 Å². The van der Waals surface area contributed by atoms with Gasteiger partial charge in [0.15, 0.2) is 12.0 Å². The van der Waals surface area contributed by atoms with E-state index in [2.05, 4.69) is 5.32 Å². The fourth-order valence-electron chi connectivity index (χ4n) is 1.58. The molecule has 0 radical (unpaired) electrons. The minimum Gasteiger partial charge on any atom is -0.473 e. The average Bonchev–Trinajstić information content (AvgIpc) is 2.15. The Kier molecular flexibility index (Phi) is 4.52. The van der Waals surface area contributed by atoms with Crippen LogP contribution in [0.4, 0.5) is 0 Å². The summed E-state index contributed by atoms with van der Waals surface area (Å²) in [5.74, 6) is 0.445. The number of nitrogens with one attached hydrogen (secondary N) is 1. The number of carbonyl (C=O) groups is 1. The van der Waals surface area contributed by atoms with Crippen molar-refractivity contribution >= 4 is 5.97 Å². The summed E-state index contributed by atoms with van der Waals surface area (Å²) in [6.45, 7) is 6.89. The smallest absolute Gasteiger partial charge is 0.304 e. The number of hydrogen-bond acceptors (Lipinski definition) is 4. The Bertz CT molecular complexity index is 362. The van der Waals surface area contributed by atoms with E-state index in [1.807, 2.05) is 44.2 Å². The lowest BCUT2D eigenvalue weighted by Crippen LogP contribution is -2.50. The van der Waals surface area contributed by atoms with Crippen molar-refractivity contribution in [2.45, 2.75) is 39.6 Å². The lowest BCUT2D eigenvalue weighted by molar-refractivity contribution is -0.149. The molecular weight excluding hydrogens is 218 g/mol. The largest absolute Gasteiger partial charge is 0.473 e. The molecule has 0 aliphatic carbocycles. The second-order valence-electron chi connectivity index (χ2n) is 4.32. The Morgan fingerprint density at radius 1 is 1.29 bits per heavy atom. The topological polar surface area (TPSA) is 47.6 Å². The summed E-state index contributed by atoms with van der Waals surface area (Å²) in [6, 6.07) is 9.48. The van der Waals surface area contributed by atoms with Crippen LogP contribution in [-0.2, 0) is 9.53 Å². The van der Waals surface area contributed by atoms with Gasteiger partial charge in [0.05, 0.1) is 0 Å². The van der Waals surface area contributed by atoms with Crippen molar-refractivity contribution < 1.29 is 14.3 Å². The molecule has 1 rings (SSSR count). The van der Waals surface area contributed by atoms with Crippen LogP contribution in [0.1, 0.15) is 27.7 Å². The van der Waals surface area contributed by atoms with E-state index in [9.17, 15) is 4.79 Å². The molecule has 0 aromatic heterocycles. The predicted octanol–water partition coefficient (Wildman–Crippen LogP) is 2.30. The van der Waals surface area contributed by atoms with Crippen LogP contribution in [0.3, 0.4) is 0 Å². The highest BCUT2D eigenvalue weighted by atomic mass is 16.6. The van der Waals surface area contributed by atoms with Crippen molar-refractivity contribution in [2.24, 2.45) is 0 Å². The monoisotopic (exact) mass is 237 g/mol. The number of benzene rings is 1. The number of ether oxygens (including phenoxy) is 2. The maximum atomic E-state index is 10.8. The molecule has 4 heteroatoms. The van der Waals surface area contributed by atoms with E-state index in [0.717, 1.165) is 5.75 Å². The summed E-state index contributed by atoms with van der Waals surface area (Å²) in [6.07, 6.45) is -0.397. The first kappa shape index (κ1) is 13.5. The molecule has 1 N–H and O–H groups in total. The van der Waals surface area contributed by atoms with E-state index in [0.29, 0.717) is 0 Å². The molecule has 17 heavy (non-hydrogen) atoms. The van der Waals surface area contributed by atoms with E-state index < -0.39 is 12.0 Å². The summed E-state index contributed by atoms with van der Waals surface area (Å²) >= 11 is 0. The van der Waals surface area contributed by atoms with E-state index in [-0.39, 0.29) is 5.97 Å². The number of carbonyl (C=O) groups excluding carboxylic acids is 1. The van der Waals surface area contributed by atoms with E-state index in [1.165, 1.54) is 6.92 Å². The average molecular weight is 237 g/mol. The molecule has 0 aliphatic heterocycles. The van der Waals surface area contributed by atoms with Gasteiger partial charge in [-0.25, -0.2) is 5.32 Å². The lowest BCUT2D eigenvalue weighted by atomic mass is 10.3. The van der Waals surface area contributed by atoms with Crippen LogP contribution >= 0.6 is 0 Å². The Morgan fingerprint density at radius 3 is 2.41 bits per heavy atom. The van der Waals surface area contributed by atoms with Crippen molar-refractivity contribution in [1.82, 2.24) is 5.32 Å². The van der Waals surface area contributed by atoms with Gasteiger partial charge in [0.2, 0.25) is 0 Å². The molecule has 1 atom stereocenters. The maximum Gasteiger partial charge on any atom is 0.304 e. The van der Waals surface area contributed by atoms with Gasteiger partial charge < -0.3 is 9.47 Å². The van der Waals surface area contributed by atoms with Crippen LogP contribution in [0.15, 0.2) is 30.3 Å². The van der Waals surface area contributed by atoms with Gasteiger partial charge >= 0.3 is 5.97 Å². The molecule has 0 spiro atoms. The summed E-state index contributed by atoms with van der Waals surface area (Å²) in [5.41, 5.74) is -0.615. The van der Waals surface area contributed by atoms with Crippen molar-refractivity contribution in [2.75, 3.05) is 0 Å². The number of esters is 1. The Labute approximate surface area is 102 Å². The van der Waals surface area contributed by atoms with Gasteiger partial charge in [0.25, 0.3) is 0 Å². The molecular formula is C13H19NO3. The SMILES string of the molecule is CC(=O)OC(C)NC(C)(C)Oc1ccccc1. The van der Waals surface area contributed by atoms with Gasteiger partial charge in [0, 0.05) is 6.92 Å². The van der Waals surface area contributed by atoms with Crippen LogP contribution in [0.2, 0.25) is 0 Å². The van der Waals surface area contributed by atoms with Gasteiger partial charge in [-0.3, -0.25) is 4.79 Å². The highest BCUT2D eigenvalue weighted by Crippen LogP contribution is 2.16. The van der Waals surface area contributed by atoms with Gasteiger partial charge in [-0.1, -0.05) is 18.2 Å². The first-order chi connectivity index (χ1) is 7.89. The van der Waals surface area contributed by atoms with Crippen LogP contribution < -0.4 is 10.1 Å². The molecule has 94 valence electrons. The van der Waals surface area contributed by atoms with Gasteiger partial charge in [-0.15, -0.1) is 0 Å². The van der Waals surface area contributed by atoms with Gasteiger partial charge in [0.1, 0.15) is 5.75 Å². The molecule has 4 nitrogen and oxygen atoms in total. The molecule has 0 amide bonds. The number of rotatable bonds is 5. The second kappa shape index (κ2) is 5.68. The van der Waals surface area contributed by atoms with Crippen molar-refractivity contribution in [1.29, 1.82) is 0 Å². The zero-order valence-corrected chi connectivity index (χ0v) is 10.7. The van der Waals surface area contributed by atoms with Crippen LogP contribution in [0, 0.1) is 0 Å². The Hall–Kier alpha value is -1.55. The molecule has 0 heterocycles. The Balaban J connectivity index is 2.54.